The Kier molecular flexibility index (Phi) is 4.52. The third-order valence-corrected chi connectivity index (χ3v) is 6.23. The molecule has 0 unspecified atom stereocenters. The van der Waals surface area contributed by atoms with E-state index in [9.17, 15) is 4.79 Å². The molecule has 1 atom stereocenters. The zero-order chi connectivity index (χ0) is 16.4. The lowest BCUT2D eigenvalue weighted by Crippen LogP contribution is -2.59. The Bertz CT molecular complexity index is 685. The highest BCUT2D eigenvalue weighted by Gasteiger charge is 2.41. The number of carbonyl (C=O) groups is 1. The van der Waals surface area contributed by atoms with Crippen LogP contribution in [0.2, 0.25) is 0 Å². The van der Waals surface area contributed by atoms with Gasteiger partial charge < -0.3 is 14.5 Å². The molecule has 4 rings (SSSR count). The van der Waals surface area contributed by atoms with Crippen molar-refractivity contribution in [2.75, 3.05) is 44.4 Å². The summed E-state index contributed by atoms with van der Waals surface area (Å²) in [6.45, 7) is 4.12. The molecule has 2 aliphatic rings. The van der Waals surface area contributed by atoms with Gasteiger partial charge >= 0.3 is 0 Å². The highest BCUT2D eigenvalue weighted by Crippen LogP contribution is 2.33. The Morgan fingerprint density at radius 3 is 2.88 bits per heavy atom. The number of nitrogens with zero attached hydrogens (tertiary/aromatic N) is 1. The minimum absolute atomic E-state index is 0.0517. The Labute approximate surface area is 145 Å². The lowest BCUT2D eigenvalue weighted by Gasteiger charge is -2.42. The number of ether oxygens (including phenoxy) is 1. The molecule has 2 fully saturated rings. The van der Waals surface area contributed by atoms with E-state index in [1.54, 1.807) is 0 Å². The van der Waals surface area contributed by atoms with Crippen LogP contribution in [0.4, 0.5) is 0 Å². The van der Waals surface area contributed by atoms with E-state index in [-0.39, 0.29) is 11.4 Å². The summed E-state index contributed by atoms with van der Waals surface area (Å²) in [4.78, 5) is 15.0. The van der Waals surface area contributed by atoms with Gasteiger partial charge in [-0.1, -0.05) is 18.2 Å². The summed E-state index contributed by atoms with van der Waals surface area (Å²) in [7, 11) is 0. The monoisotopic (exact) mass is 346 g/mol. The maximum atomic E-state index is 12.5. The molecule has 24 heavy (non-hydrogen) atoms. The number of amides is 1. The molecule has 5 nitrogen and oxygen atoms in total. The van der Waals surface area contributed by atoms with Gasteiger partial charge in [-0.15, -0.1) is 0 Å². The third-order valence-electron chi connectivity index (χ3n) is 4.99. The average molecular weight is 346 g/mol. The molecule has 3 heterocycles. The van der Waals surface area contributed by atoms with Gasteiger partial charge in [0.2, 0.25) is 0 Å². The Hall–Kier alpha value is -1.50. The number of carbonyl (C=O) groups excluding carboxylic acids is 1. The van der Waals surface area contributed by atoms with Crippen molar-refractivity contribution >= 4 is 28.6 Å². The van der Waals surface area contributed by atoms with Crippen LogP contribution < -0.4 is 5.32 Å². The van der Waals surface area contributed by atoms with Crippen LogP contribution in [-0.2, 0) is 4.74 Å². The number of furan rings is 1. The average Bonchev–Trinajstić information content (AvgIpc) is 3.28. The quantitative estimate of drug-likeness (QED) is 0.921. The van der Waals surface area contributed by atoms with Gasteiger partial charge in [0.1, 0.15) is 5.58 Å². The fourth-order valence-electron chi connectivity index (χ4n) is 3.56. The van der Waals surface area contributed by atoms with Crippen LogP contribution >= 0.6 is 11.8 Å². The summed E-state index contributed by atoms with van der Waals surface area (Å²) in [6.07, 6.45) is 1.11. The summed E-state index contributed by atoms with van der Waals surface area (Å²) < 4.78 is 11.2. The van der Waals surface area contributed by atoms with Crippen molar-refractivity contribution in [3.05, 3.63) is 36.1 Å². The molecule has 6 heteroatoms. The minimum Gasteiger partial charge on any atom is -0.451 e. The zero-order valence-corrected chi connectivity index (χ0v) is 14.4. The molecule has 1 amide bonds. The van der Waals surface area contributed by atoms with E-state index >= 15 is 0 Å². The van der Waals surface area contributed by atoms with Gasteiger partial charge in [-0.05, 0) is 24.3 Å². The van der Waals surface area contributed by atoms with Crippen LogP contribution in [0.15, 0.2) is 34.7 Å². The molecule has 1 aromatic heterocycles. The first kappa shape index (κ1) is 16.0. The number of para-hydroxylation sites is 1. The normalized spacial score (nSPS) is 25.2. The number of nitrogens with one attached hydrogen (secondary N) is 1. The fourth-order valence-corrected chi connectivity index (χ4v) is 5.04. The molecule has 2 aromatic rings. The molecule has 0 aliphatic carbocycles. The van der Waals surface area contributed by atoms with Crippen LogP contribution in [-0.4, -0.2) is 60.7 Å². The molecule has 0 saturated carbocycles. The number of rotatable bonds is 4. The lowest BCUT2D eigenvalue weighted by molar-refractivity contribution is -0.0129. The van der Waals surface area contributed by atoms with Gasteiger partial charge in [0.05, 0.1) is 13.2 Å². The molecular formula is C18H22N2O3S. The van der Waals surface area contributed by atoms with E-state index in [1.807, 2.05) is 42.1 Å². The predicted molar refractivity (Wildman–Crippen MR) is 95.6 cm³/mol. The third kappa shape index (κ3) is 3.06. The molecule has 0 radical (unpaired) electrons. The van der Waals surface area contributed by atoms with Gasteiger partial charge in [-0.3, -0.25) is 9.69 Å². The second-order valence-electron chi connectivity index (χ2n) is 6.46. The van der Waals surface area contributed by atoms with Crippen LogP contribution in [0.1, 0.15) is 17.0 Å². The molecular weight excluding hydrogens is 324 g/mol. The maximum absolute atomic E-state index is 12.5. The first-order chi connectivity index (χ1) is 11.8. The van der Waals surface area contributed by atoms with E-state index in [1.165, 1.54) is 0 Å². The second kappa shape index (κ2) is 6.78. The first-order valence-electron chi connectivity index (χ1n) is 8.44. The lowest BCUT2D eigenvalue weighted by atomic mass is 9.95. The van der Waals surface area contributed by atoms with Crippen molar-refractivity contribution in [2.45, 2.75) is 12.0 Å². The van der Waals surface area contributed by atoms with Crippen molar-refractivity contribution in [3.8, 4) is 0 Å². The highest BCUT2D eigenvalue weighted by atomic mass is 32.2. The second-order valence-corrected chi connectivity index (χ2v) is 7.56. The zero-order valence-electron chi connectivity index (χ0n) is 13.6. The van der Waals surface area contributed by atoms with Crippen LogP contribution in [0.3, 0.4) is 0 Å². The summed E-state index contributed by atoms with van der Waals surface area (Å²) in [5.74, 6) is 2.47. The van der Waals surface area contributed by atoms with E-state index in [2.05, 4.69) is 10.2 Å². The molecule has 2 aliphatic heterocycles. The smallest absolute Gasteiger partial charge is 0.287 e. The van der Waals surface area contributed by atoms with E-state index in [0.717, 1.165) is 55.2 Å². The van der Waals surface area contributed by atoms with Crippen LogP contribution in [0.5, 0.6) is 0 Å². The minimum atomic E-state index is -0.129. The number of morpholine rings is 1. The molecule has 0 bridgehead atoms. The Morgan fingerprint density at radius 2 is 2.12 bits per heavy atom. The SMILES string of the molecule is O=C(NC[C@@]1(N2CCOCC2)CCSC1)c1cc2ccccc2o1. The Morgan fingerprint density at radius 1 is 1.29 bits per heavy atom. The summed E-state index contributed by atoms with van der Waals surface area (Å²) >= 11 is 1.97. The largest absolute Gasteiger partial charge is 0.451 e. The van der Waals surface area contributed by atoms with E-state index < -0.39 is 0 Å². The Balaban J connectivity index is 1.46. The van der Waals surface area contributed by atoms with Gasteiger partial charge in [-0.25, -0.2) is 0 Å². The highest BCUT2D eigenvalue weighted by molar-refractivity contribution is 7.99. The predicted octanol–water partition coefficient (Wildman–Crippen LogP) is 2.37. The van der Waals surface area contributed by atoms with Gasteiger partial charge in [0, 0.05) is 36.3 Å². The number of fused-ring (bicyclic) bond motifs is 1. The molecule has 1 aromatic carbocycles. The van der Waals surface area contributed by atoms with E-state index in [0.29, 0.717) is 12.3 Å². The summed E-state index contributed by atoms with van der Waals surface area (Å²) in [5, 5.41) is 4.07. The van der Waals surface area contributed by atoms with Crippen molar-refractivity contribution in [3.63, 3.8) is 0 Å². The number of thioether (sulfide) groups is 1. The van der Waals surface area contributed by atoms with Crippen molar-refractivity contribution in [1.82, 2.24) is 10.2 Å². The van der Waals surface area contributed by atoms with Gasteiger partial charge in [0.15, 0.2) is 5.76 Å². The van der Waals surface area contributed by atoms with Crippen molar-refractivity contribution in [1.29, 1.82) is 0 Å². The maximum Gasteiger partial charge on any atom is 0.287 e. The van der Waals surface area contributed by atoms with Gasteiger partial charge in [0.25, 0.3) is 5.91 Å². The number of hydrogen-bond donors (Lipinski definition) is 1. The first-order valence-corrected chi connectivity index (χ1v) is 9.60. The summed E-state index contributed by atoms with van der Waals surface area (Å²) in [5.41, 5.74) is 0.804. The van der Waals surface area contributed by atoms with E-state index in [4.69, 9.17) is 9.15 Å². The summed E-state index contributed by atoms with van der Waals surface area (Å²) in [6, 6.07) is 9.52. The fraction of sp³-hybridized carbons (Fsp3) is 0.500. The van der Waals surface area contributed by atoms with Crippen LogP contribution in [0.25, 0.3) is 11.0 Å². The number of benzene rings is 1. The molecule has 128 valence electrons. The molecule has 2 saturated heterocycles. The van der Waals surface area contributed by atoms with Crippen molar-refractivity contribution < 1.29 is 13.9 Å². The van der Waals surface area contributed by atoms with Crippen molar-refractivity contribution in [2.24, 2.45) is 0 Å². The molecule has 0 spiro atoms. The topological polar surface area (TPSA) is 54.7 Å². The number of hydrogen-bond acceptors (Lipinski definition) is 5. The van der Waals surface area contributed by atoms with Gasteiger partial charge in [-0.2, -0.15) is 11.8 Å². The molecule has 1 N–H and O–H groups in total. The van der Waals surface area contributed by atoms with Crippen LogP contribution in [0, 0.1) is 0 Å². The standard InChI is InChI=1S/C18H22N2O3S/c21-17(16-11-14-3-1-2-4-15(14)23-16)19-12-18(5-10-24-13-18)20-6-8-22-9-7-20/h1-4,11H,5-10,12-13H2,(H,19,21)/t18-/m0/s1.